The predicted octanol–water partition coefficient (Wildman–Crippen LogP) is 2.98. The van der Waals surface area contributed by atoms with E-state index in [0.717, 1.165) is 12.8 Å². The summed E-state index contributed by atoms with van der Waals surface area (Å²) in [5.74, 6) is -0.846. The zero-order chi connectivity index (χ0) is 20.4. The average Bonchev–Trinajstić information content (AvgIpc) is 3.20. The Morgan fingerprint density at radius 1 is 1.03 bits per heavy atom. The molecule has 4 rings (SSSR count). The normalized spacial score (nSPS) is 18.8. The first-order chi connectivity index (χ1) is 14.0. The van der Waals surface area contributed by atoms with Gasteiger partial charge in [-0.25, -0.2) is 14.2 Å². The third-order valence-corrected chi connectivity index (χ3v) is 5.08. The molecule has 2 N–H and O–H groups in total. The fourth-order valence-electron chi connectivity index (χ4n) is 3.57. The van der Waals surface area contributed by atoms with E-state index < -0.39 is 23.9 Å². The molecule has 0 saturated heterocycles. The van der Waals surface area contributed by atoms with Crippen LogP contribution in [-0.4, -0.2) is 36.9 Å². The Bertz CT molecular complexity index is 1010. The zero-order valence-electron chi connectivity index (χ0n) is 15.9. The van der Waals surface area contributed by atoms with Gasteiger partial charge in [0.15, 0.2) is 0 Å². The Labute approximate surface area is 168 Å². The Balaban J connectivity index is 1.72. The summed E-state index contributed by atoms with van der Waals surface area (Å²) >= 11 is 0. The summed E-state index contributed by atoms with van der Waals surface area (Å²) in [6.07, 6.45) is 4.33. The van der Waals surface area contributed by atoms with Crippen molar-refractivity contribution in [3.8, 4) is 0 Å². The molecule has 1 unspecified atom stereocenters. The molecule has 2 aromatic rings. The second-order valence-corrected chi connectivity index (χ2v) is 7.03. The van der Waals surface area contributed by atoms with Crippen molar-refractivity contribution in [2.24, 2.45) is 4.99 Å². The predicted molar refractivity (Wildman–Crippen MR) is 110 cm³/mol. The second kappa shape index (κ2) is 7.87. The van der Waals surface area contributed by atoms with E-state index in [9.17, 15) is 14.0 Å². The quantitative estimate of drug-likeness (QED) is 0.788. The van der Waals surface area contributed by atoms with Gasteiger partial charge in [0.1, 0.15) is 5.82 Å². The lowest BCUT2D eigenvalue weighted by Gasteiger charge is -2.21. The molecule has 0 fully saturated rings. The van der Waals surface area contributed by atoms with Crippen molar-refractivity contribution in [3.05, 3.63) is 77.6 Å². The first-order valence-electron chi connectivity index (χ1n) is 9.46. The number of hydrogen-bond donors (Lipinski definition) is 2. The van der Waals surface area contributed by atoms with Crippen LogP contribution in [0, 0.1) is 5.82 Å². The molecule has 29 heavy (non-hydrogen) atoms. The molecule has 2 aliphatic rings. The number of nitrogens with zero attached hydrogens (tertiary/aromatic N) is 2. The highest BCUT2D eigenvalue weighted by Crippen LogP contribution is 2.28. The number of benzodiazepines with no additional fused rings is 1. The van der Waals surface area contributed by atoms with Gasteiger partial charge in [0.25, 0.3) is 5.91 Å². The van der Waals surface area contributed by atoms with Crippen molar-refractivity contribution in [2.45, 2.75) is 25.0 Å². The first-order valence-corrected chi connectivity index (χ1v) is 9.46. The summed E-state index contributed by atoms with van der Waals surface area (Å²) in [7, 11) is 1.62. The molecule has 0 radical (unpaired) electrons. The number of halogens is 1. The lowest BCUT2D eigenvalue weighted by molar-refractivity contribution is -0.119. The molecule has 2 aromatic carbocycles. The molecule has 1 atom stereocenters. The molecule has 1 aliphatic carbocycles. The van der Waals surface area contributed by atoms with Crippen LogP contribution >= 0.6 is 0 Å². The van der Waals surface area contributed by atoms with Crippen molar-refractivity contribution in [2.75, 3.05) is 11.9 Å². The SMILES string of the molecule is CN1C(=O)C(NC(=O)NC2CC=CC2)N=C(c2ccccc2F)c2ccccc21. The number of hydrogen-bond acceptors (Lipinski definition) is 3. The van der Waals surface area contributed by atoms with Crippen LogP contribution in [0.4, 0.5) is 14.9 Å². The number of anilines is 1. The maximum atomic E-state index is 14.6. The highest BCUT2D eigenvalue weighted by molar-refractivity contribution is 6.20. The number of carbonyl (C=O) groups excluding carboxylic acids is 2. The molecular formula is C22H21FN4O2. The topological polar surface area (TPSA) is 73.8 Å². The van der Waals surface area contributed by atoms with Gasteiger partial charge in [0.2, 0.25) is 6.17 Å². The molecule has 0 spiro atoms. The Morgan fingerprint density at radius 2 is 1.69 bits per heavy atom. The minimum Gasteiger partial charge on any atom is -0.335 e. The highest BCUT2D eigenvalue weighted by Gasteiger charge is 2.32. The van der Waals surface area contributed by atoms with Crippen LogP contribution < -0.4 is 15.5 Å². The summed E-state index contributed by atoms with van der Waals surface area (Å²) < 4.78 is 14.6. The lowest BCUT2D eigenvalue weighted by Crippen LogP contribution is -2.51. The van der Waals surface area contributed by atoms with Crippen LogP contribution in [0.3, 0.4) is 0 Å². The largest absolute Gasteiger partial charge is 0.335 e. The van der Waals surface area contributed by atoms with Crippen molar-refractivity contribution in [3.63, 3.8) is 0 Å². The van der Waals surface area contributed by atoms with E-state index in [4.69, 9.17) is 0 Å². The number of nitrogens with one attached hydrogen (secondary N) is 2. The standard InChI is InChI=1S/C22H21FN4O2/c1-27-18-13-7-5-11-16(18)19(15-10-4-6-12-17(15)23)25-20(21(27)28)26-22(29)24-14-8-2-3-9-14/h2-7,10-14,20H,8-9H2,1H3,(H2,24,26,29). The maximum Gasteiger partial charge on any atom is 0.317 e. The number of carbonyl (C=O) groups is 2. The van der Waals surface area contributed by atoms with E-state index in [2.05, 4.69) is 15.6 Å². The molecule has 3 amide bonds. The monoisotopic (exact) mass is 392 g/mol. The lowest BCUT2D eigenvalue weighted by atomic mass is 10.00. The highest BCUT2D eigenvalue weighted by atomic mass is 19.1. The van der Waals surface area contributed by atoms with Crippen LogP contribution in [0.5, 0.6) is 0 Å². The minimum absolute atomic E-state index is 0.000764. The van der Waals surface area contributed by atoms with Crippen LogP contribution in [0.15, 0.2) is 65.7 Å². The van der Waals surface area contributed by atoms with Gasteiger partial charge in [-0.3, -0.25) is 4.79 Å². The van der Waals surface area contributed by atoms with Crippen LogP contribution in [0.2, 0.25) is 0 Å². The summed E-state index contributed by atoms with van der Waals surface area (Å²) in [6, 6.07) is 13.0. The third kappa shape index (κ3) is 3.76. The molecule has 1 heterocycles. The average molecular weight is 392 g/mol. The number of amides is 3. The number of urea groups is 1. The van der Waals surface area contributed by atoms with Gasteiger partial charge < -0.3 is 15.5 Å². The first kappa shape index (κ1) is 18.9. The van der Waals surface area contributed by atoms with Gasteiger partial charge in [-0.15, -0.1) is 0 Å². The van der Waals surface area contributed by atoms with E-state index in [0.29, 0.717) is 17.0 Å². The van der Waals surface area contributed by atoms with Gasteiger partial charge in [0.05, 0.1) is 11.4 Å². The molecular weight excluding hydrogens is 371 g/mol. The van der Waals surface area contributed by atoms with Crippen molar-refractivity contribution in [1.82, 2.24) is 10.6 Å². The fourth-order valence-corrected chi connectivity index (χ4v) is 3.57. The summed E-state index contributed by atoms with van der Waals surface area (Å²) in [5, 5.41) is 5.48. The maximum absolute atomic E-state index is 14.6. The van der Waals surface area contributed by atoms with E-state index in [1.165, 1.54) is 11.0 Å². The van der Waals surface area contributed by atoms with Crippen LogP contribution in [0.1, 0.15) is 24.0 Å². The molecule has 148 valence electrons. The van der Waals surface area contributed by atoms with Crippen molar-refractivity contribution in [1.29, 1.82) is 0 Å². The fraction of sp³-hybridized carbons (Fsp3) is 0.227. The number of benzene rings is 2. The number of para-hydroxylation sites is 1. The van der Waals surface area contributed by atoms with Gasteiger partial charge in [-0.05, 0) is 31.0 Å². The summed E-state index contributed by atoms with van der Waals surface area (Å²) in [6.45, 7) is 0. The number of rotatable bonds is 3. The number of likely N-dealkylation sites (N-methyl/N-ethyl adjacent to an activating group) is 1. The summed E-state index contributed by atoms with van der Waals surface area (Å²) in [4.78, 5) is 31.4. The van der Waals surface area contributed by atoms with Gasteiger partial charge in [-0.1, -0.05) is 42.5 Å². The minimum atomic E-state index is -1.17. The molecule has 1 aliphatic heterocycles. The van der Waals surface area contributed by atoms with E-state index in [1.54, 1.807) is 49.5 Å². The van der Waals surface area contributed by atoms with Crippen molar-refractivity contribution < 1.29 is 14.0 Å². The Kier molecular flexibility index (Phi) is 5.12. The van der Waals surface area contributed by atoms with Gasteiger partial charge in [0, 0.05) is 24.2 Å². The van der Waals surface area contributed by atoms with Crippen molar-refractivity contribution >= 4 is 23.3 Å². The molecule has 6 nitrogen and oxygen atoms in total. The molecule has 7 heteroatoms. The van der Waals surface area contributed by atoms with Crippen LogP contribution in [0.25, 0.3) is 0 Å². The second-order valence-electron chi connectivity index (χ2n) is 7.03. The van der Waals surface area contributed by atoms with E-state index in [1.807, 2.05) is 12.2 Å². The molecule has 0 aromatic heterocycles. The zero-order valence-corrected chi connectivity index (χ0v) is 15.9. The summed E-state index contributed by atoms with van der Waals surface area (Å²) in [5.41, 5.74) is 1.82. The smallest absolute Gasteiger partial charge is 0.317 e. The van der Waals surface area contributed by atoms with Gasteiger partial charge >= 0.3 is 6.03 Å². The number of fused-ring (bicyclic) bond motifs is 1. The Morgan fingerprint density at radius 3 is 2.41 bits per heavy atom. The number of aliphatic imine (C=N–C) groups is 1. The molecule has 0 saturated carbocycles. The van der Waals surface area contributed by atoms with E-state index >= 15 is 0 Å². The van der Waals surface area contributed by atoms with Gasteiger partial charge in [-0.2, -0.15) is 0 Å². The molecule has 0 bridgehead atoms. The van der Waals surface area contributed by atoms with Crippen LogP contribution in [-0.2, 0) is 4.79 Å². The Hall–Kier alpha value is -3.48. The van der Waals surface area contributed by atoms with E-state index in [-0.39, 0.29) is 11.6 Å². The third-order valence-electron chi connectivity index (χ3n) is 5.08.